The van der Waals surface area contributed by atoms with Crippen molar-refractivity contribution < 1.29 is 0 Å². The predicted molar refractivity (Wildman–Crippen MR) is 99.3 cm³/mol. The van der Waals surface area contributed by atoms with Crippen molar-refractivity contribution >= 4 is 17.3 Å². The van der Waals surface area contributed by atoms with Gasteiger partial charge in [-0.25, -0.2) is 4.98 Å². The zero-order valence-electron chi connectivity index (χ0n) is 14.6. The summed E-state index contributed by atoms with van der Waals surface area (Å²) in [6.07, 6.45) is 1.90. The maximum atomic E-state index is 4.36. The lowest BCUT2D eigenvalue weighted by molar-refractivity contribution is 0.506. The third-order valence-electron chi connectivity index (χ3n) is 3.87. The molecule has 2 aromatic rings. The number of nitrogens with one attached hydrogen (secondary N) is 2. The molecule has 4 nitrogen and oxygen atoms in total. The van der Waals surface area contributed by atoms with Gasteiger partial charge >= 0.3 is 0 Å². The maximum Gasteiger partial charge on any atom is 0.191 e. The first-order chi connectivity index (χ1) is 10.9. The molecule has 0 fully saturated rings. The molecule has 0 radical (unpaired) electrons. The van der Waals surface area contributed by atoms with Crippen LogP contribution >= 0.6 is 11.3 Å². The van der Waals surface area contributed by atoms with Crippen LogP contribution in [0.5, 0.6) is 0 Å². The molecule has 124 valence electrons. The Morgan fingerprint density at radius 1 is 1.22 bits per heavy atom. The van der Waals surface area contributed by atoms with Crippen molar-refractivity contribution in [2.45, 2.75) is 39.7 Å². The Hall–Kier alpha value is -1.88. The molecular weight excluding hydrogens is 304 g/mol. The molecule has 1 heterocycles. The van der Waals surface area contributed by atoms with Gasteiger partial charge in [-0.3, -0.25) is 4.99 Å². The van der Waals surface area contributed by atoms with Gasteiger partial charge in [-0.05, 0) is 25.0 Å². The molecule has 5 heteroatoms. The van der Waals surface area contributed by atoms with E-state index in [-0.39, 0.29) is 5.41 Å². The summed E-state index contributed by atoms with van der Waals surface area (Å²) in [7, 11) is 1.79. The summed E-state index contributed by atoms with van der Waals surface area (Å²) in [4.78, 5) is 9.89. The highest BCUT2D eigenvalue weighted by molar-refractivity contribution is 7.11. The van der Waals surface area contributed by atoms with Crippen LogP contribution in [0.15, 0.2) is 35.5 Å². The second-order valence-electron chi connectivity index (χ2n) is 6.34. The number of thiazole rings is 1. The van der Waals surface area contributed by atoms with Crippen LogP contribution in [0.1, 0.15) is 34.9 Å². The van der Waals surface area contributed by atoms with Crippen LogP contribution in [-0.2, 0) is 12.0 Å². The minimum Gasteiger partial charge on any atom is -0.356 e. The standard InChI is InChI=1S/C18H26N4S/c1-13-8-6-7-9-15(13)18(3,4)12-22-17(19-5)21-11-16-20-10-14(2)23-16/h6-10H,11-12H2,1-5H3,(H2,19,21,22). The van der Waals surface area contributed by atoms with Crippen LogP contribution in [0.3, 0.4) is 0 Å². The van der Waals surface area contributed by atoms with Crippen molar-refractivity contribution in [3.8, 4) is 0 Å². The molecule has 0 saturated carbocycles. The molecule has 0 bridgehead atoms. The fourth-order valence-electron chi connectivity index (χ4n) is 2.60. The molecule has 2 N–H and O–H groups in total. The number of benzene rings is 1. The van der Waals surface area contributed by atoms with E-state index in [1.807, 2.05) is 6.20 Å². The molecule has 0 aliphatic rings. The highest BCUT2D eigenvalue weighted by atomic mass is 32.1. The SMILES string of the molecule is CN=C(NCc1ncc(C)s1)NCC(C)(C)c1ccccc1C. The molecule has 2 rings (SSSR count). The molecule has 0 saturated heterocycles. The van der Waals surface area contributed by atoms with Crippen molar-refractivity contribution in [1.29, 1.82) is 0 Å². The molecule has 0 spiro atoms. The van der Waals surface area contributed by atoms with Gasteiger partial charge in [0, 0.05) is 30.1 Å². The summed E-state index contributed by atoms with van der Waals surface area (Å²) in [5, 5.41) is 7.83. The number of aliphatic imine (C=N–C) groups is 1. The Bertz CT molecular complexity index is 673. The zero-order valence-corrected chi connectivity index (χ0v) is 15.4. The fraction of sp³-hybridized carbons (Fsp3) is 0.444. The second kappa shape index (κ2) is 7.59. The molecule has 1 aromatic heterocycles. The van der Waals surface area contributed by atoms with Crippen molar-refractivity contribution in [3.63, 3.8) is 0 Å². The highest BCUT2D eigenvalue weighted by Gasteiger charge is 2.22. The van der Waals surface area contributed by atoms with Crippen LogP contribution in [0.25, 0.3) is 0 Å². The average molecular weight is 331 g/mol. The molecule has 23 heavy (non-hydrogen) atoms. The summed E-state index contributed by atoms with van der Waals surface area (Å²) in [6.45, 7) is 10.2. The number of hydrogen-bond donors (Lipinski definition) is 2. The third-order valence-corrected chi connectivity index (χ3v) is 4.78. The van der Waals surface area contributed by atoms with E-state index in [0.29, 0.717) is 6.54 Å². The van der Waals surface area contributed by atoms with Crippen LogP contribution in [0.4, 0.5) is 0 Å². The number of aryl methyl sites for hydroxylation is 2. The quantitative estimate of drug-likeness (QED) is 0.652. The minimum atomic E-state index is 0.0285. The molecule has 1 aromatic carbocycles. The number of hydrogen-bond acceptors (Lipinski definition) is 3. The van der Waals surface area contributed by atoms with Crippen LogP contribution in [0.2, 0.25) is 0 Å². The van der Waals surface area contributed by atoms with Gasteiger partial charge in [-0.2, -0.15) is 0 Å². The van der Waals surface area contributed by atoms with E-state index in [2.05, 4.69) is 72.6 Å². The Morgan fingerprint density at radius 3 is 2.57 bits per heavy atom. The first-order valence-electron chi connectivity index (χ1n) is 7.84. The van der Waals surface area contributed by atoms with Crippen molar-refractivity contribution in [3.05, 3.63) is 51.5 Å². The van der Waals surface area contributed by atoms with Gasteiger partial charge in [-0.15, -0.1) is 11.3 Å². The summed E-state index contributed by atoms with van der Waals surface area (Å²) in [6, 6.07) is 8.54. The van der Waals surface area contributed by atoms with E-state index >= 15 is 0 Å². The van der Waals surface area contributed by atoms with Gasteiger partial charge in [0.2, 0.25) is 0 Å². The predicted octanol–water partition coefficient (Wildman–Crippen LogP) is 3.40. The third kappa shape index (κ3) is 4.79. The van der Waals surface area contributed by atoms with Crippen molar-refractivity contribution in [2.75, 3.05) is 13.6 Å². The van der Waals surface area contributed by atoms with Crippen molar-refractivity contribution in [1.82, 2.24) is 15.6 Å². The summed E-state index contributed by atoms with van der Waals surface area (Å²) in [5.41, 5.74) is 2.71. The molecular formula is C18H26N4S. The number of rotatable bonds is 5. The number of guanidine groups is 1. The molecule has 0 aliphatic heterocycles. The molecule has 0 unspecified atom stereocenters. The van der Waals surface area contributed by atoms with E-state index in [4.69, 9.17) is 0 Å². The van der Waals surface area contributed by atoms with E-state index in [0.717, 1.165) is 17.5 Å². The Labute approximate surface area is 143 Å². The summed E-state index contributed by atoms with van der Waals surface area (Å²) in [5.74, 6) is 0.805. The highest BCUT2D eigenvalue weighted by Crippen LogP contribution is 2.25. The van der Waals surface area contributed by atoms with Gasteiger partial charge in [0.25, 0.3) is 0 Å². The fourth-order valence-corrected chi connectivity index (χ4v) is 3.32. The minimum absolute atomic E-state index is 0.0285. The summed E-state index contributed by atoms with van der Waals surface area (Å²) >= 11 is 1.71. The van der Waals surface area contributed by atoms with E-state index in [1.165, 1.54) is 16.0 Å². The van der Waals surface area contributed by atoms with E-state index < -0.39 is 0 Å². The van der Waals surface area contributed by atoms with Gasteiger partial charge in [0.1, 0.15) is 5.01 Å². The number of aromatic nitrogens is 1. The molecule has 0 atom stereocenters. The average Bonchev–Trinajstić information content (AvgIpc) is 2.93. The molecule has 0 amide bonds. The first kappa shape index (κ1) is 17.5. The van der Waals surface area contributed by atoms with Gasteiger partial charge < -0.3 is 10.6 Å². The van der Waals surface area contributed by atoms with Crippen LogP contribution < -0.4 is 10.6 Å². The smallest absolute Gasteiger partial charge is 0.191 e. The first-order valence-corrected chi connectivity index (χ1v) is 8.66. The van der Waals surface area contributed by atoms with Crippen molar-refractivity contribution in [2.24, 2.45) is 4.99 Å². The van der Waals surface area contributed by atoms with Gasteiger partial charge in [0.15, 0.2) is 5.96 Å². The largest absolute Gasteiger partial charge is 0.356 e. The second-order valence-corrected chi connectivity index (χ2v) is 7.66. The molecule has 0 aliphatic carbocycles. The normalized spacial score (nSPS) is 12.3. The Balaban J connectivity index is 1.93. The lowest BCUT2D eigenvalue weighted by atomic mass is 9.82. The van der Waals surface area contributed by atoms with Gasteiger partial charge in [-0.1, -0.05) is 38.1 Å². The summed E-state index contributed by atoms with van der Waals surface area (Å²) < 4.78 is 0. The maximum absolute atomic E-state index is 4.36. The lowest BCUT2D eigenvalue weighted by Crippen LogP contribution is -2.43. The zero-order chi connectivity index (χ0) is 16.9. The number of nitrogens with zero attached hydrogens (tertiary/aromatic N) is 2. The van der Waals surface area contributed by atoms with E-state index in [9.17, 15) is 0 Å². The monoisotopic (exact) mass is 330 g/mol. The topological polar surface area (TPSA) is 49.3 Å². The Morgan fingerprint density at radius 2 is 1.96 bits per heavy atom. The van der Waals surface area contributed by atoms with Gasteiger partial charge in [0.05, 0.1) is 6.54 Å². The van der Waals surface area contributed by atoms with Crippen LogP contribution in [0, 0.1) is 13.8 Å². The van der Waals surface area contributed by atoms with Crippen LogP contribution in [-0.4, -0.2) is 24.5 Å². The Kier molecular flexibility index (Phi) is 5.77. The lowest BCUT2D eigenvalue weighted by Gasteiger charge is -2.28. The van der Waals surface area contributed by atoms with E-state index in [1.54, 1.807) is 18.4 Å².